The van der Waals surface area contributed by atoms with Gasteiger partial charge in [0.1, 0.15) is 5.82 Å². The van der Waals surface area contributed by atoms with Crippen LogP contribution < -0.4 is 4.57 Å². The van der Waals surface area contributed by atoms with E-state index in [2.05, 4.69) is 197 Å². The van der Waals surface area contributed by atoms with Crippen molar-refractivity contribution < 1.29 is 37.2 Å². The number of pyridine rings is 2. The molecule has 5 heterocycles. The number of ether oxygens (including phenoxy) is 1. The van der Waals surface area contributed by atoms with Gasteiger partial charge in [-0.25, -0.2) is 16.6 Å². The minimum Gasteiger partial charge on any atom is -0.372 e. The smallest absolute Gasteiger partial charge is 0.269 e. The van der Waals surface area contributed by atoms with E-state index in [9.17, 15) is 0 Å². The largest absolute Gasteiger partial charge is 0.372 e. The van der Waals surface area contributed by atoms with Crippen molar-refractivity contribution in [2.24, 2.45) is 0 Å². The molecular weight excluding hydrogens is 1120 g/mol. The molecule has 77 heavy (non-hydrogen) atoms. The van der Waals surface area contributed by atoms with Gasteiger partial charge in [-0.2, -0.15) is 29.8 Å². The summed E-state index contributed by atoms with van der Waals surface area (Å²) in [5, 5.41) is 2.23. The standard InChI is InChI=1S/C70H57N5O.Pt/c1-69(2,3)56-29-27-49(28-30-56)50-18-14-19-51(37-50)58-21-15-22-59(53-38-52(48-16-8-7-9-17-48)39-57(40-53)70(4,5)6)68(58)74-45-73(63-24-12-13-25-64(63)74)66-36-47(32-33-71-66)34-46-26-31-61-60-20-10-11-23-62(60)75(65(61)35-46)67-41-54-43-76-44-55(54)42-72-67;/h7-33,37-42H,34,43-44H2,1-6H3;/q-2;/i7D,8D,9D,16D,17D;. The van der Waals surface area contributed by atoms with Gasteiger partial charge in [-0.15, -0.1) is 5.39 Å². The topological polar surface area (TPSA) is 48.8 Å². The molecule has 0 radical (unpaired) electrons. The van der Waals surface area contributed by atoms with Gasteiger partial charge in [0.05, 0.1) is 42.6 Å². The Morgan fingerprint density at radius 2 is 1.26 bits per heavy atom. The van der Waals surface area contributed by atoms with Crippen LogP contribution in [0.1, 0.15) is 81.8 Å². The second kappa shape index (κ2) is 19.8. The molecule has 0 spiro atoms. The molecular formula is C70H57N5OPt-2. The van der Waals surface area contributed by atoms with Crippen molar-refractivity contribution in [1.82, 2.24) is 19.1 Å². The van der Waals surface area contributed by atoms with Gasteiger partial charge in [0.2, 0.25) is 0 Å². The number of rotatable bonds is 9. The summed E-state index contributed by atoms with van der Waals surface area (Å²) in [6.45, 7) is 14.2. The SMILES string of the molecule is [2H]c1c([2H])c([2H])c(-c2cc(-c3cccc(-c4cccc(-c5ccc(C(C)(C)C)cc5)c4)c3-[n+]3[c-]n(-c4[c-]c(Cc5[c-]c6c(cc5)c5ccccc5n6-c5cc6c(cn5)COC6)ccn4)c4ccccc43)cc(C(C)(C)C)c2)c([2H])c1[2H].[Pt]. The van der Waals surface area contributed by atoms with Crippen molar-refractivity contribution in [3.63, 3.8) is 0 Å². The molecule has 7 heteroatoms. The van der Waals surface area contributed by atoms with E-state index in [0.29, 0.717) is 31.0 Å². The third-order valence-corrected chi connectivity index (χ3v) is 14.8. The van der Waals surface area contributed by atoms with E-state index in [0.717, 1.165) is 106 Å². The molecule has 0 bridgehead atoms. The first-order valence-corrected chi connectivity index (χ1v) is 25.9. The van der Waals surface area contributed by atoms with Crippen LogP contribution in [0.2, 0.25) is 0 Å². The summed E-state index contributed by atoms with van der Waals surface area (Å²) in [6.07, 6.45) is 8.10. The summed E-state index contributed by atoms with van der Waals surface area (Å²) >= 11 is 0. The summed E-state index contributed by atoms with van der Waals surface area (Å²) in [5.74, 6) is 1.40. The van der Waals surface area contributed by atoms with Gasteiger partial charge in [0.15, 0.2) is 0 Å². The van der Waals surface area contributed by atoms with Crippen molar-refractivity contribution in [3.05, 3.63) is 252 Å². The van der Waals surface area contributed by atoms with Crippen molar-refractivity contribution in [2.45, 2.75) is 72.0 Å². The fraction of sp³-hybridized carbons (Fsp3) is 0.157. The van der Waals surface area contributed by atoms with Crippen LogP contribution >= 0.6 is 0 Å². The van der Waals surface area contributed by atoms with Crippen LogP contribution in [0.3, 0.4) is 0 Å². The van der Waals surface area contributed by atoms with E-state index in [-0.39, 0.29) is 61.6 Å². The van der Waals surface area contributed by atoms with Crippen LogP contribution in [0.25, 0.3) is 94.7 Å². The first-order chi connectivity index (χ1) is 39.0. The molecule has 0 atom stereocenters. The quantitative estimate of drug-likeness (QED) is 0.107. The second-order valence-corrected chi connectivity index (χ2v) is 21.9. The van der Waals surface area contributed by atoms with Crippen LogP contribution in [0.4, 0.5) is 0 Å². The summed E-state index contributed by atoms with van der Waals surface area (Å²) in [4.78, 5) is 9.89. The van der Waals surface area contributed by atoms with E-state index in [1.807, 2.05) is 47.3 Å². The number of para-hydroxylation sites is 4. The molecule has 1 aliphatic rings. The summed E-state index contributed by atoms with van der Waals surface area (Å²) in [5.41, 5.74) is 17.1. The Labute approximate surface area is 472 Å². The first-order valence-electron chi connectivity index (χ1n) is 28.4. The van der Waals surface area contributed by atoms with Gasteiger partial charge < -0.3 is 9.30 Å². The number of aromatic nitrogens is 5. The van der Waals surface area contributed by atoms with Crippen molar-refractivity contribution in [3.8, 4) is 61.8 Å². The Morgan fingerprint density at radius 3 is 2.06 bits per heavy atom. The maximum absolute atomic E-state index is 9.10. The molecule has 380 valence electrons. The maximum atomic E-state index is 9.10. The molecule has 0 saturated carbocycles. The molecule has 0 saturated heterocycles. The summed E-state index contributed by atoms with van der Waals surface area (Å²) in [7, 11) is 0. The van der Waals surface area contributed by atoms with E-state index in [1.165, 1.54) is 5.56 Å². The molecule has 0 amide bonds. The molecule has 4 aromatic heterocycles. The molecule has 6 nitrogen and oxygen atoms in total. The number of nitrogens with zero attached hydrogens (tertiary/aromatic N) is 5. The Morgan fingerprint density at radius 1 is 0.571 bits per heavy atom. The van der Waals surface area contributed by atoms with Crippen LogP contribution in [-0.4, -0.2) is 19.1 Å². The Kier molecular flexibility index (Phi) is 11.4. The molecule has 0 fully saturated rings. The van der Waals surface area contributed by atoms with Crippen molar-refractivity contribution in [2.75, 3.05) is 0 Å². The van der Waals surface area contributed by atoms with Crippen LogP contribution in [-0.2, 0) is 56.3 Å². The predicted octanol–water partition coefficient (Wildman–Crippen LogP) is 16.1. The normalized spacial score (nSPS) is 13.5. The Hall–Kier alpha value is -8.02. The third kappa shape index (κ3) is 9.34. The molecule has 0 N–H and O–H groups in total. The van der Waals surface area contributed by atoms with Gasteiger partial charge in [0.25, 0.3) is 6.33 Å². The van der Waals surface area contributed by atoms with Gasteiger partial charge >= 0.3 is 0 Å². The fourth-order valence-electron chi connectivity index (χ4n) is 10.7. The minimum absolute atomic E-state index is 0. The van der Waals surface area contributed by atoms with Crippen molar-refractivity contribution in [1.29, 1.82) is 0 Å². The third-order valence-electron chi connectivity index (χ3n) is 14.8. The number of hydrogen-bond donors (Lipinski definition) is 0. The number of benzene rings is 8. The molecule has 13 rings (SSSR count). The Balaban J connectivity index is 0.00000665. The minimum atomic E-state index is -0.427. The van der Waals surface area contributed by atoms with E-state index >= 15 is 0 Å². The zero-order valence-corrected chi connectivity index (χ0v) is 46.0. The molecule has 8 aromatic carbocycles. The average Bonchev–Trinajstić information content (AvgIpc) is 4.24. The van der Waals surface area contributed by atoms with Crippen LogP contribution in [0, 0.1) is 18.5 Å². The predicted molar refractivity (Wildman–Crippen MR) is 308 cm³/mol. The zero-order valence-electron chi connectivity index (χ0n) is 48.7. The fourth-order valence-corrected chi connectivity index (χ4v) is 10.7. The molecule has 0 unspecified atom stereocenters. The van der Waals surface area contributed by atoms with Crippen molar-refractivity contribution >= 4 is 32.8 Å². The Bertz CT molecular complexity index is 4480. The van der Waals surface area contributed by atoms with Gasteiger partial charge in [0, 0.05) is 38.3 Å². The maximum Gasteiger partial charge on any atom is 0.269 e. The summed E-state index contributed by atoms with van der Waals surface area (Å²) < 4.78 is 56.0. The monoisotopic (exact) mass is 1180 g/mol. The summed E-state index contributed by atoms with van der Waals surface area (Å²) in [6, 6.07) is 60.8. The molecule has 12 aromatic rings. The molecule has 1 aliphatic heterocycles. The molecule has 0 aliphatic carbocycles. The van der Waals surface area contributed by atoms with E-state index in [1.54, 1.807) is 0 Å². The van der Waals surface area contributed by atoms with E-state index < -0.39 is 6.04 Å². The second-order valence-electron chi connectivity index (χ2n) is 21.9. The number of fused-ring (bicyclic) bond motifs is 5. The zero-order chi connectivity index (χ0) is 56.1. The number of hydrogen-bond acceptors (Lipinski definition) is 3. The van der Waals surface area contributed by atoms with Gasteiger partial charge in [-0.1, -0.05) is 205 Å². The number of imidazole rings is 1. The first kappa shape index (κ1) is 44.1. The van der Waals surface area contributed by atoms with Gasteiger partial charge in [-0.05, 0) is 102 Å². The van der Waals surface area contributed by atoms with Crippen LogP contribution in [0.15, 0.2) is 200 Å². The average molecular weight is 1180 g/mol. The van der Waals surface area contributed by atoms with Crippen LogP contribution in [0.5, 0.6) is 0 Å². The van der Waals surface area contributed by atoms with E-state index in [4.69, 9.17) is 21.6 Å². The van der Waals surface area contributed by atoms with Gasteiger partial charge in [-0.3, -0.25) is 14.1 Å².